The van der Waals surface area contributed by atoms with E-state index in [1.807, 2.05) is 11.1 Å². The van der Waals surface area contributed by atoms with Crippen molar-refractivity contribution in [1.29, 1.82) is 0 Å². The van der Waals surface area contributed by atoms with E-state index in [0.29, 0.717) is 5.75 Å². The zero-order chi connectivity index (χ0) is 15.4. The molecule has 0 spiro atoms. The summed E-state index contributed by atoms with van der Waals surface area (Å²) in [5.41, 5.74) is 9.32. The highest BCUT2D eigenvalue weighted by molar-refractivity contribution is 5.56. The zero-order valence-electron chi connectivity index (χ0n) is 11.2. The van der Waals surface area contributed by atoms with Gasteiger partial charge in [-0.15, -0.1) is 0 Å². The summed E-state index contributed by atoms with van der Waals surface area (Å²) < 4.78 is 6.36. The molecule has 1 aromatic heterocycles. The molecule has 1 atom stereocenters. The Morgan fingerprint density at radius 1 is 1.24 bits per heavy atom. The van der Waals surface area contributed by atoms with E-state index < -0.39 is 17.4 Å². The average Bonchev–Trinajstić information content (AvgIpc) is 2.48. The molecule has 2 rings (SSSR count). The second-order valence-corrected chi connectivity index (χ2v) is 4.45. The molecule has 8 heteroatoms. The molecule has 8 nitrogen and oxygen atoms in total. The SMILES string of the molecule is Nc1c(N)n(CC(O)COc2ccccc2)c(=O)[nH]c1=O. The summed E-state index contributed by atoms with van der Waals surface area (Å²) >= 11 is 0. The first kappa shape index (κ1) is 14.7. The summed E-state index contributed by atoms with van der Waals surface area (Å²) in [7, 11) is 0. The van der Waals surface area contributed by atoms with E-state index in [2.05, 4.69) is 0 Å². The van der Waals surface area contributed by atoms with Crippen molar-refractivity contribution in [1.82, 2.24) is 9.55 Å². The molecule has 2 aromatic rings. The predicted octanol–water partition coefficient (Wildman–Crippen LogP) is -0.859. The number of nitrogen functional groups attached to an aromatic ring is 2. The van der Waals surface area contributed by atoms with E-state index >= 15 is 0 Å². The fourth-order valence-corrected chi connectivity index (χ4v) is 1.76. The van der Waals surface area contributed by atoms with E-state index in [1.165, 1.54) is 0 Å². The van der Waals surface area contributed by atoms with Crippen LogP contribution in [0.3, 0.4) is 0 Å². The minimum atomic E-state index is -0.990. The second kappa shape index (κ2) is 6.14. The van der Waals surface area contributed by atoms with Gasteiger partial charge in [-0.05, 0) is 12.1 Å². The van der Waals surface area contributed by atoms with Crippen LogP contribution in [-0.2, 0) is 6.54 Å². The number of para-hydroxylation sites is 1. The number of hydrogen-bond acceptors (Lipinski definition) is 6. The van der Waals surface area contributed by atoms with Crippen molar-refractivity contribution in [3.63, 3.8) is 0 Å². The second-order valence-electron chi connectivity index (χ2n) is 4.45. The molecule has 0 radical (unpaired) electrons. The van der Waals surface area contributed by atoms with Gasteiger partial charge in [0, 0.05) is 0 Å². The van der Waals surface area contributed by atoms with Crippen molar-refractivity contribution >= 4 is 11.5 Å². The van der Waals surface area contributed by atoms with Gasteiger partial charge < -0.3 is 21.3 Å². The molecule has 0 fully saturated rings. The molecule has 0 aliphatic heterocycles. The standard InChI is InChI=1S/C13H16N4O4/c14-10-11(15)17(13(20)16-12(10)19)6-8(18)7-21-9-4-2-1-3-5-9/h1-5,8,18H,6-7,14-15H2,(H,16,19,20). The van der Waals surface area contributed by atoms with Crippen molar-refractivity contribution in [2.45, 2.75) is 12.6 Å². The van der Waals surface area contributed by atoms with Gasteiger partial charge in [-0.2, -0.15) is 0 Å². The number of aromatic nitrogens is 2. The predicted molar refractivity (Wildman–Crippen MR) is 78.1 cm³/mol. The molecule has 1 aromatic carbocycles. The van der Waals surface area contributed by atoms with Crippen molar-refractivity contribution in [2.24, 2.45) is 0 Å². The number of anilines is 2. The van der Waals surface area contributed by atoms with Crippen molar-refractivity contribution in [3.05, 3.63) is 51.2 Å². The molecule has 1 unspecified atom stereocenters. The number of H-pyrrole nitrogens is 1. The number of nitrogens with zero attached hydrogens (tertiary/aromatic N) is 1. The van der Waals surface area contributed by atoms with Gasteiger partial charge in [0.15, 0.2) is 0 Å². The third kappa shape index (κ3) is 3.42. The Morgan fingerprint density at radius 2 is 1.90 bits per heavy atom. The summed E-state index contributed by atoms with van der Waals surface area (Å²) in [4.78, 5) is 24.9. The zero-order valence-corrected chi connectivity index (χ0v) is 11.2. The summed E-state index contributed by atoms with van der Waals surface area (Å²) in [5.74, 6) is 0.417. The molecule has 0 saturated carbocycles. The quantitative estimate of drug-likeness (QED) is 0.566. The number of rotatable bonds is 5. The maximum Gasteiger partial charge on any atom is 0.330 e. The van der Waals surface area contributed by atoms with Crippen LogP contribution >= 0.6 is 0 Å². The van der Waals surface area contributed by atoms with Crippen LogP contribution in [-0.4, -0.2) is 27.4 Å². The smallest absolute Gasteiger partial charge is 0.330 e. The van der Waals surface area contributed by atoms with Crippen LogP contribution in [0, 0.1) is 0 Å². The van der Waals surface area contributed by atoms with E-state index in [-0.39, 0.29) is 24.7 Å². The van der Waals surface area contributed by atoms with Crippen LogP contribution in [0.1, 0.15) is 0 Å². The summed E-state index contributed by atoms with van der Waals surface area (Å²) in [6.45, 7) is -0.173. The molecule has 0 bridgehead atoms. The first-order chi connectivity index (χ1) is 9.99. The van der Waals surface area contributed by atoms with Gasteiger partial charge in [-0.25, -0.2) is 4.79 Å². The number of aliphatic hydroxyl groups is 1. The van der Waals surface area contributed by atoms with E-state index in [1.54, 1.807) is 24.3 Å². The lowest BCUT2D eigenvalue weighted by Gasteiger charge is -2.15. The molecule has 0 aliphatic carbocycles. The molecule has 0 aliphatic rings. The lowest BCUT2D eigenvalue weighted by molar-refractivity contribution is 0.0918. The number of ether oxygens (including phenoxy) is 1. The first-order valence-corrected chi connectivity index (χ1v) is 6.23. The van der Waals surface area contributed by atoms with Gasteiger partial charge in [-0.3, -0.25) is 14.3 Å². The molecule has 6 N–H and O–H groups in total. The Labute approximate surface area is 119 Å². The van der Waals surface area contributed by atoms with Gasteiger partial charge >= 0.3 is 5.69 Å². The Morgan fingerprint density at radius 3 is 2.57 bits per heavy atom. The van der Waals surface area contributed by atoms with Gasteiger partial charge in [0.2, 0.25) is 0 Å². The monoisotopic (exact) mass is 292 g/mol. The lowest BCUT2D eigenvalue weighted by atomic mass is 10.3. The molecule has 0 amide bonds. The van der Waals surface area contributed by atoms with E-state index in [0.717, 1.165) is 4.57 Å². The van der Waals surface area contributed by atoms with Crippen LogP contribution in [0.4, 0.5) is 11.5 Å². The van der Waals surface area contributed by atoms with Crippen LogP contribution < -0.4 is 27.5 Å². The summed E-state index contributed by atoms with van der Waals surface area (Å²) in [6, 6.07) is 8.92. The topological polar surface area (TPSA) is 136 Å². The van der Waals surface area contributed by atoms with Gasteiger partial charge in [0.05, 0.1) is 6.54 Å². The van der Waals surface area contributed by atoms with Crippen molar-refractivity contribution in [3.8, 4) is 5.75 Å². The molecular formula is C13H16N4O4. The van der Waals surface area contributed by atoms with Gasteiger partial charge in [-0.1, -0.05) is 18.2 Å². The fourth-order valence-electron chi connectivity index (χ4n) is 1.76. The summed E-state index contributed by atoms with van der Waals surface area (Å²) in [5, 5.41) is 9.90. The Balaban J connectivity index is 2.07. The van der Waals surface area contributed by atoms with E-state index in [9.17, 15) is 14.7 Å². The highest BCUT2D eigenvalue weighted by Crippen LogP contribution is 2.10. The summed E-state index contributed by atoms with van der Waals surface area (Å²) in [6.07, 6.45) is -0.990. The number of nitrogens with two attached hydrogens (primary N) is 2. The van der Waals surface area contributed by atoms with Crippen LogP contribution in [0.5, 0.6) is 5.75 Å². The molecule has 1 heterocycles. The largest absolute Gasteiger partial charge is 0.491 e. The van der Waals surface area contributed by atoms with Crippen molar-refractivity contribution < 1.29 is 9.84 Å². The first-order valence-electron chi connectivity index (χ1n) is 6.23. The number of benzene rings is 1. The van der Waals surface area contributed by atoms with Crippen LogP contribution in [0.15, 0.2) is 39.9 Å². The highest BCUT2D eigenvalue weighted by atomic mass is 16.5. The van der Waals surface area contributed by atoms with Gasteiger partial charge in [0.25, 0.3) is 5.56 Å². The number of aromatic amines is 1. The third-order valence-corrected chi connectivity index (χ3v) is 2.86. The number of hydrogen-bond donors (Lipinski definition) is 4. The maximum absolute atomic E-state index is 11.6. The normalized spacial score (nSPS) is 12.0. The molecular weight excluding hydrogens is 276 g/mol. The minimum absolute atomic E-state index is 0.0328. The van der Waals surface area contributed by atoms with Crippen LogP contribution in [0.2, 0.25) is 0 Å². The Hall–Kier alpha value is -2.74. The minimum Gasteiger partial charge on any atom is -0.491 e. The lowest BCUT2D eigenvalue weighted by Crippen LogP contribution is -2.37. The fraction of sp³-hybridized carbons (Fsp3) is 0.231. The Bertz CT molecular complexity index is 723. The number of aliphatic hydroxyl groups excluding tert-OH is 1. The van der Waals surface area contributed by atoms with Gasteiger partial charge in [0.1, 0.15) is 30.0 Å². The highest BCUT2D eigenvalue weighted by Gasteiger charge is 2.13. The van der Waals surface area contributed by atoms with Crippen molar-refractivity contribution in [2.75, 3.05) is 18.1 Å². The Kier molecular flexibility index (Phi) is 4.29. The maximum atomic E-state index is 11.6. The van der Waals surface area contributed by atoms with Crippen LogP contribution in [0.25, 0.3) is 0 Å². The molecule has 0 saturated heterocycles. The third-order valence-electron chi connectivity index (χ3n) is 2.86. The number of nitrogens with one attached hydrogen (secondary N) is 1. The molecule has 21 heavy (non-hydrogen) atoms. The van der Waals surface area contributed by atoms with E-state index in [4.69, 9.17) is 16.2 Å². The molecule has 112 valence electrons. The average molecular weight is 292 g/mol.